The van der Waals surface area contributed by atoms with Gasteiger partial charge in [0.15, 0.2) is 0 Å². The van der Waals surface area contributed by atoms with Crippen LogP contribution in [0.2, 0.25) is 0 Å². The van der Waals surface area contributed by atoms with Gasteiger partial charge in [-0.3, -0.25) is 0 Å². The maximum Gasteiger partial charge on any atom is 0.120 e. The summed E-state index contributed by atoms with van der Waals surface area (Å²) in [7, 11) is 0. The number of piperidine rings is 1. The third-order valence-corrected chi connectivity index (χ3v) is 4.00. The Morgan fingerprint density at radius 3 is 2.87 bits per heavy atom. The molecule has 1 saturated heterocycles. The largest absolute Gasteiger partial charge is 0.493 e. The van der Waals surface area contributed by atoms with Gasteiger partial charge in [0, 0.05) is 10.4 Å². The summed E-state index contributed by atoms with van der Waals surface area (Å²) >= 11 is 3.44. The maximum atomic E-state index is 5.79. The lowest BCUT2D eigenvalue weighted by Gasteiger charge is -2.08. The first-order valence-electron chi connectivity index (χ1n) is 5.44. The molecule has 1 saturated carbocycles. The third kappa shape index (κ3) is 1.91. The van der Waals surface area contributed by atoms with Gasteiger partial charge in [0.1, 0.15) is 5.75 Å². The first kappa shape index (κ1) is 9.67. The smallest absolute Gasteiger partial charge is 0.120 e. The summed E-state index contributed by atoms with van der Waals surface area (Å²) in [4.78, 5) is 0. The fourth-order valence-corrected chi connectivity index (χ4v) is 2.92. The van der Waals surface area contributed by atoms with Crippen molar-refractivity contribution in [1.29, 1.82) is 0 Å². The second-order valence-corrected chi connectivity index (χ2v) is 5.33. The van der Waals surface area contributed by atoms with Crippen molar-refractivity contribution in [2.75, 3.05) is 19.7 Å². The molecule has 2 unspecified atom stereocenters. The van der Waals surface area contributed by atoms with E-state index in [9.17, 15) is 0 Å². The van der Waals surface area contributed by atoms with E-state index in [1.165, 1.54) is 13.1 Å². The molecule has 1 aromatic carbocycles. The summed E-state index contributed by atoms with van der Waals surface area (Å²) < 4.78 is 6.87. The van der Waals surface area contributed by atoms with Crippen LogP contribution in [0.15, 0.2) is 28.7 Å². The molecule has 3 rings (SSSR count). The number of ether oxygens (including phenoxy) is 1. The molecule has 2 nitrogen and oxygen atoms in total. The normalized spacial score (nSPS) is 32.5. The van der Waals surface area contributed by atoms with E-state index in [4.69, 9.17) is 4.74 Å². The van der Waals surface area contributed by atoms with Crippen molar-refractivity contribution in [2.45, 2.75) is 0 Å². The number of benzene rings is 1. The van der Waals surface area contributed by atoms with Crippen LogP contribution in [0, 0.1) is 17.8 Å². The van der Waals surface area contributed by atoms with E-state index in [0.717, 1.165) is 34.6 Å². The second kappa shape index (κ2) is 3.80. The number of nitrogens with one attached hydrogen (secondary N) is 1. The van der Waals surface area contributed by atoms with E-state index in [1.54, 1.807) is 0 Å². The van der Waals surface area contributed by atoms with Crippen LogP contribution >= 0.6 is 15.9 Å². The minimum absolute atomic E-state index is 0.797. The Morgan fingerprint density at radius 1 is 1.33 bits per heavy atom. The number of hydrogen-bond acceptors (Lipinski definition) is 2. The van der Waals surface area contributed by atoms with E-state index in [2.05, 4.69) is 21.2 Å². The Labute approximate surface area is 98.1 Å². The van der Waals surface area contributed by atoms with Crippen molar-refractivity contribution in [3.63, 3.8) is 0 Å². The van der Waals surface area contributed by atoms with Crippen LogP contribution in [0.1, 0.15) is 0 Å². The summed E-state index contributed by atoms with van der Waals surface area (Å²) in [5.41, 5.74) is 0. The zero-order chi connectivity index (χ0) is 10.3. The quantitative estimate of drug-likeness (QED) is 0.908. The topological polar surface area (TPSA) is 21.3 Å². The summed E-state index contributed by atoms with van der Waals surface area (Å²) in [5, 5.41) is 3.40. The van der Waals surface area contributed by atoms with Crippen LogP contribution in [0.3, 0.4) is 0 Å². The number of hydrogen-bond donors (Lipinski definition) is 1. The fraction of sp³-hybridized carbons (Fsp3) is 0.500. The van der Waals surface area contributed by atoms with Crippen molar-refractivity contribution < 1.29 is 4.74 Å². The van der Waals surface area contributed by atoms with Gasteiger partial charge >= 0.3 is 0 Å². The zero-order valence-corrected chi connectivity index (χ0v) is 10.0. The minimum Gasteiger partial charge on any atom is -0.493 e. The lowest BCUT2D eigenvalue weighted by molar-refractivity contribution is 0.280. The minimum atomic E-state index is 0.797. The molecule has 15 heavy (non-hydrogen) atoms. The highest BCUT2D eigenvalue weighted by Crippen LogP contribution is 2.48. The Morgan fingerprint density at radius 2 is 2.13 bits per heavy atom. The van der Waals surface area contributed by atoms with Gasteiger partial charge in [-0.15, -0.1) is 0 Å². The van der Waals surface area contributed by atoms with E-state index in [0.29, 0.717) is 0 Å². The van der Waals surface area contributed by atoms with Crippen LogP contribution in [-0.4, -0.2) is 19.7 Å². The number of rotatable bonds is 3. The van der Waals surface area contributed by atoms with Crippen LogP contribution in [-0.2, 0) is 0 Å². The molecule has 1 N–H and O–H groups in total. The molecular weight excluding hydrogens is 254 g/mol. The average Bonchev–Trinajstić information content (AvgIpc) is 2.69. The Balaban J connectivity index is 1.54. The molecule has 80 valence electrons. The predicted molar refractivity (Wildman–Crippen MR) is 63.0 cm³/mol. The highest BCUT2D eigenvalue weighted by molar-refractivity contribution is 9.10. The Bertz CT molecular complexity index is 358. The standard InChI is InChI=1S/C12H14BrNO/c13-8-2-1-3-9(4-8)15-7-12-10-5-14-6-11(10)12/h1-4,10-12,14H,5-7H2. The van der Waals surface area contributed by atoms with Gasteiger partial charge < -0.3 is 10.1 Å². The van der Waals surface area contributed by atoms with Crippen LogP contribution in [0.25, 0.3) is 0 Å². The molecule has 0 spiro atoms. The van der Waals surface area contributed by atoms with Crippen molar-refractivity contribution in [3.05, 3.63) is 28.7 Å². The molecular formula is C12H14BrNO. The molecule has 0 bridgehead atoms. The molecule has 3 heteroatoms. The van der Waals surface area contributed by atoms with Crippen molar-refractivity contribution in [1.82, 2.24) is 5.32 Å². The van der Waals surface area contributed by atoms with Crippen LogP contribution in [0.5, 0.6) is 5.75 Å². The van der Waals surface area contributed by atoms with Gasteiger partial charge in [-0.1, -0.05) is 22.0 Å². The molecule has 1 aliphatic carbocycles. The van der Waals surface area contributed by atoms with E-state index in [1.807, 2.05) is 24.3 Å². The first-order valence-corrected chi connectivity index (χ1v) is 6.23. The molecule has 1 heterocycles. The third-order valence-electron chi connectivity index (χ3n) is 3.51. The Hall–Kier alpha value is -0.540. The van der Waals surface area contributed by atoms with Gasteiger partial charge in [-0.05, 0) is 43.1 Å². The second-order valence-electron chi connectivity index (χ2n) is 4.42. The molecule has 0 radical (unpaired) electrons. The van der Waals surface area contributed by atoms with Gasteiger partial charge in [-0.25, -0.2) is 0 Å². The van der Waals surface area contributed by atoms with Crippen molar-refractivity contribution in [3.8, 4) is 5.75 Å². The predicted octanol–water partition coefficient (Wildman–Crippen LogP) is 2.29. The van der Waals surface area contributed by atoms with E-state index >= 15 is 0 Å². The summed E-state index contributed by atoms with van der Waals surface area (Å²) in [6.07, 6.45) is 0. The highest BCUT2D eigenvalue weighted by Gasteiger charge is 2.52. The molecule has 1 aromatic rings. The monoisotopic (exact) mass is 267 g/mol. The zero-order valence-electron chi connectivity index (χ0n) is 8.45. The Kier molecular flexibility index (Phi) is 2.45. The molecule has 2 aliphatic rings. The van der Waals surface area contributed by atoms with Gasteiger partial charge in [-0.2, -0.15) is 0 Å². The average molecular weight is 268 g/mol. The summed E-state index contributed by atoms with van der Waals surface area (Å²) in [6, 6.07) is 8.06. The van der Waals surface area contributed by atoms with Gasteiger partial charge in [0.05, 0.1) is 6.61 Å². The molecule has 2 atom stereocenters. The van der Waals surface area contributed by atoms with Gasteiger partial charge in [0.25, 0.3) is 0 Å². The first-order chi connectivity index (χ1) is 7.34. The lowest BCUT2D eigenvalue weighted by atomic mass is 10.3. The summed E-state index contributed by atoms with van der Waals surface area (Å²) in [5.74, 6) is 3.54. The van der Waals surface area contributed by atoms with Gasteiger partial charge in [0.2, 0.25) is 0 Å². The molecule has 1 aliphatic heterocycles. The summed E-state index contributed by atoms with van der Waals surface area (Å²) in [6.45, 7) is 3.27. The molecule has 2 fully saturated rings. The lowest BCUT2D eigenvalue weighted by Crippen LogP contribution is -2.17. The fourth-order valence-electron chi connectivity index (χ4n) is 2.54. The maximum absolute atomic E-state index is 5.79. The molecule has 0 aromatic heterocycles. The number of fused-ring (bicyclic) bond motifs is 1. The highest BCUT2D eigenvalue weighted by atomic mass is 79.9. The SMILES string of the molecule is Brc1cccc(OCC2C3CNCC32)c1. The van der Waals surface area contributed by atoms with Crippen molar-refractivity contribution >= 4 is 15.9 Å². The van der Waals surface area contributed by atoms with E-state index < -0.39 is 0 Å². The van der Waals surface area contributed by atoms with Crippen molar-refractivity contribution in [2.24, 2.45) is 17.8 Å². The van der Waals surface area contributed by atoms with Crippen LogP contribution < -0.4 is 10.1 Å². The molecule has 0 amide bonds. The van der Waals surface area contributed by atoms with E-state index in [-0.39, 0.29) is 0 Å². The number of halogens is 1. The van der Waals surface area contributed by atoms with Crippen LogP contribution in [0.4, 0.5) is 0 Å².